The molecule has 3 aromatic rings. The van der Waals surface area contributed by atoms with Crippen molar-refractivity contribution in [3.05, 3.63) is 89.7 Å². The Bertz CT molecular complexity index is 1220. The summed E-state index contributed by atoms with van der Waals surface area (Å²) < 4.78 is 19.7. The third-order valence-corrected chi connectivity index (χ3v) is 6.13. The SMILES string of the molecule is CN(C(=O)C(CCC(=O)O)NC(=O)OCC1c2ccccc2-c2ccccc21)c1ccccc1F. The number of fused-ring (bicyclic) bond motifs is 3. The van der Waals surface area contributed by atoms with E-state index < -0.39 is 29.8 Å². The molecule has 2 amide bonds. The number of likely N-dealkylation sites (N-methyl/N-ethyl adjacent to an activating group) is 1. The Balaban J connectivity index is 1.46. The number of para-hydroxylation sites is 1. The van der Waals surface area contributed by atoms with Gasteiger partial charge in [-0.3, -0.25) is 9.59 Å². The second kappa shape index (κ2) is 10.4. The number of carbonyl (C=O) groups is 3. The smallest absolute Gasteiger partial charge is 0.407 e. The van der Waals surface area contributed by atoms with Crippen molar-refractivity contribution in [2.45, 2.75) is 24.8 Å². The van der Waals surface area contributed by atoms with Crippen LogP contribution in [0.25, 0.3) is 11.1 Å². The molecule has 1 atom stereocenters. The summed E-state index contributed by atoms with van der Waals surface area (Å²) in [7, 11) is 1.37. The van der Waals surface area contributed by atoms with E-state index in [1.165, 1.54) is 25.2 Å². The third-order valence-electron chi connectivity index (χ3n) is 6.13. The number of nitrogens with zero attached hydrogens (tertiary/aromatic N) is 1. The molecule has 0 saturated carbocycles. The van der Waals surface area contributed by atoms with E-state index in [9.17, 15) is 18.8 Å². The number of nitrogens with one attached hydrogen (secondary N) is 1. The van der Waals surface area contributed by atoms with Gasteiger partial charge in [-0.25, -0.2) is 9.18 Å². The summed E-state index contributed by atoms with van der Waals surface area (Å²) in [6, 6.07) is 20.3. The monoisotopic (exact) mass is 476 g/mol. The molecule has 0 radical (unpaired) electrons. The molecule has 0 heterocycles. The molecule has 0 aliphatic heterocycles. The van der Waals surface area contributed by atoms with Crippen LogP contribution in [-0.4, -0.2) is 42.8 Å². The quantitative estimate of drug-likeness (QED) is 0.497. The number of hydrogen-bond donors (Lipinski definition) is 2. The first-order chi connectivity index (χ1) is 16.9. The van der Waals surface area contributed by atoms with Gasteiger partial charge in [0.2, 0.25) is 5.91 Å². The van der Waals surface area contributed by atoms with Gasteiger partial charge in [0.05, 0.1) is 5.69 Å². The molecule has 0 aromatic heterocycles. The lowest BCUT2D eigenvalue weighted by Crippen LogP contribution is -2.48. The Hall–Kier alpha value is -4.20. The number of aliphatic carboxylic acids is 1. The minimum absolute atomic E-state index is 0.0205. The number of amides is 2. The van der Waals surface area contributed by atoms with Crippen LogP contribution in [0.4, 0.5) is 14.9 Å². The van der Waals surface area contributed by atoms with Crippen LogP contribution in [0.15, 0.2) is 72.8 Å². The van der Waals surface area contributed by atoms with Crippen LogP contribution in [0.3, 0.4) is 0 Å². The van der Waals surface area contributed by atoms with Gasteiger partial charge in [-0.05, 0) is 40.8 Å². The molecule has 0 fully saturated rings. The maximum atomic E-state index is 14.2. The predicted octanol–water partition coefficient (Wildman–Crippen LogP) is 4.56. The second-order valence-electron chi connectivity index (χ2n) is 8.30. The number of benzene rings is 3. The molecule has 0 bridgehead atoms. The minimum atomic E-state index is -1.20. The van der Waals surface area contributed by atoms with Gasteiger partial charge in [0.25, 0.3) is 0 Å². The topological polar surface area (TPSA) is 95.9 Å². The van der Waals surface area contributed by atoms with Gasteiger partial charge in [-0.15, -0.1) is 0 Å². The Kier molecular flexibility index (Phi) is 7.10. The van der Waals surface area contributed by atoms with Gasteiger partial charge in [0.15, 0.2) is 0 Å². The van der Waals surface area contributed by atoms with Crippen molar-refractivity contribution in [3.8, 4) is 11.1 Å². The molecule has 8 heteroatoms. The first kappa shape index (κ1) is 23.9. The highest BCUT2D eigenvalue weighted by molar-refractivity contribution is 5.98. The highest BCUT2D eigenvalue weighted by Gasteiger charge is 2.31. The van der Waals surface area contributed by atoms with Crippen molar-refractivity contribution in [1.82, 2.24) is 5.32 Å². The molecule has 2 N–H and O–H groups in total. The average molecular weight is 477 g/mol. The van der Waals surface area contributed by atoms with Gasteiger partial charge in [-0.1, -0.05) is 60.7 Å². The van der Waals surface area contributed by atoms with Gasteiger partial charge < -0.3 is 20.1 Å². The van der Waals surface area contributed by atoms with E-state index in [0.717, 1.165) is 27.2 Å². The van der Waals surface area contributed by atoms with Gasteiger partial charge in [0.1, 0.15) is 18.5 Å². The Morgan fingerprint density at radius 1 is 0.971 bits per heavy atom. The number of rotatable bonds is 8. The zero-order chi connectivity index (χ0) is 24.9. The third kappa shape index (κ3) is 5.16. The summed E-state index contributed by atoms with van der Waals surface area (Å²) in [5, 5.41) is 11.6. The highest BCUT2D eigenvalue weighted by Crippen LogP contribution is 2.44. The maximum absolute atomic E-state index is 14.2. The highest BCUT2D eigenvalue weighted by atomic mass is 19.1. The Morgan fingerprint density at radius 2 is 1.54 bits per heavy atom. The Morgan fingerprint density at radius 3 is 2.14 bits per heavy atom. The summed E-state index contributed by atoms with van der Waals surface area (Å²) in [6.45, 7) is 0.0445. The van der Waals surface area contributed by atoms with Crippen molar-refractivity contribution in [1.29, 1.82) is 0 Å². The maximum Gasteiger partial charge on any atom is 0.407 e. The minimum Gasteiger partial charge on any atom is -0.481 e. The van der Waals surface area contributed by atoms with E-state index in [2.05, 4.69) is 5.32 Å². The molecule has 4 rings (SSSR count). The fraction of sp³-hybridized carbons (Fsp3) is 0.222. The van der Waals surface area contributed by atoms with Crippen molar-refractivity contribution in [2.24, 2.45) is 0 Å². The molecule has 1 aliphatic rings. The standard InChI is InChI=1S/C27H25FN2O5/c1-30(24-13-7-6-12-22(24)28)26(33)23(14-15-25(31)32)29-27(34)35-16-21-19-10-4-2-8-17(19)18-9-3-5-11-20(18)21/h2-13,21,23H,14-16H2,1H3,(H,29,34)(H,31,32). The molecule has 0 saturated heterocycles. The predicted molar refractivity (Wildman–Crippen MR) is 129 cm³/mol. The van der Waals surface area contributed by atoms with Crippen LogP contribution < -0.4 is 10.2 Å². The molecular formula is C27H25FN2O5. The summed E-state index contributed by atoms with van der Waals surface area (Å²) in [5.74, 6) is -2.54. The van der Waals surface area contributed by atoms with Crippen LogP contribution >= 0.6 is 0 Å². The van der Waals surface area contributed by atoms with Crippen LogP contribution in [0, 0.1) is 5.82 Å². The number of carboxylic acid groups (broad SMARTS) is 1. The van der Waals surface area contributed by atoms with E-state index in [1.54, 1.807) is 6.07 Å². The number of halogens is 1. The largest absolute Gasteiger partial charge is 0.481 e. The van der Waals surface area contributed by atoms with Crippen molar-refractivity contribution < 1.29 is 28.6 Å². The van der Waals surface area contributed by atoms with E-state index in [1.807, 2.05) is 48.5 Å². The number of alkyl carbamates (subject to hydrolysis) is 1. The van der Waals surface area contributed by atoms with Crippen LogP contribution in [0.5, 0.6) is 0 Å². The second-order valence-corrected chi connectivity index (χ2v) is 8.30. The van der Waals surface area contributed by atoms with Crippen molar-refractivity contribution >= 4 is 23.7 Å². The van der Waals surface area contributed by atoms with E-state index in [-0.39, 0.29) is 31.1 Å². The summed E-state index contributed by atoms with van der Waals surface area (Å²) >= 11 is 0. The summed E-state index contributed by atoms with van der Waals surface area (Å²) in [5.41, 5.74) is 4.27. The number of carbonyl (C=O) groups excluding carboxylic acids is 2. The van der Waals surface area contributed by atoms with Crippen LogP contribution in [-0.2, 0) is 14.3 Å². The van der Waals surface area contributed by atoms with Gasteiger partial charge >= 0.3 is 12.1 Å². The van der Waals surface area contributed by atoms with E-state index >= 15 is 0 Å². The lowest BCUT2D eigenvalue weighted by molar-refractivity contribution is -0.137. The Labute approximate surface area is 202 Å². The summed E-state index contributed by atoms with van der Waals surface area (Å²) in [6.07, 6.45) is -1.37. The molecule has 7 nitrogen and oxygen atoms in total. The number of ether oxygens (including phenoxy) is 1. The lowest BCUT2D eigenvalue weighted by atomic mass is 9.98. The number of carboxylic acids is 1. The van der Waals surface area contributed by atoms with Crippen molar-refractivity contribution in [3.63, 3.8) is 0 Å². The molecule has 3 aromatic carbocycles. The number of hydrogen-bond acceptors (Lipinski definition) is 4. The van der Waals surface area contributed by atoms with Crippen LogP contribution in [0.1, 0.15) is 29.9 Å². The molecule has 1 aliphatic carbocycles. The zero-order valence-corrected chi connectivity index (χ0v) is 19.1. The molecule has 1 unspecified atom stereocenters. The van der Waals surface area contributed by atoms with Gasteiger partial charge in [-0.2, -0.15) is 0 Å². The first-order valence-corrected chi connectivity index (χ1v) is 11.2. The fourth-order valence-electron chi connectivity index (χ4n) is 4.38. The summed E-state index contributed by atoms with van der Waals surface area (Å²) in [4.78, 5) is 37.9. The normalized spacial score (nSPS) is 12.9. The van der Waals surface area contributed by atoms with E-state index in [0.29, 0.717) is 0 Å². The lowest BCUT2D eigenvalue weighted by Gasteiger charge is -2.25. The van der Waals surface area contributed by atoms with Crippen LogP contribution in [0.2, 0.25) is 0 Å². The average Bonchev–Trinajstić information content (AvgIpc) is 3.18. The van der Waals surface area contributed by atoms with Crippen molar-refractivity contribution in [2.75, 3.05) is 18.6 Å². The van der Waals surface area contributed by atoms with E-state index in [4.69, 9.17) is 9.84 Å². The number of anilines is 1. The van der Waals surface area contributed by atoms with Gasteiger partial charge in [0, 0.05) is 19.4 Å². The molecule has 0 spiro atoms. The fourth-order valence-corrected chi connectivity index (χ4v) is 4.38. The molecular weight excluding hydrogens is 451 g/mol. The first-order valence-electron chi connectivity index (χ1n) is 11.2. The zero-order valence-electron chi connectivity index (χ0n) is 19.1. The molecule has 180 valence electrons. The molecule has 35 heavy (non-hydrogen) atoms.